The first-order chi connectivity index (χ1) is 9.54. The second-order valence-electron chi connectivity index (χ2n) is 4.84. The van der Waals surface area contributed by atoms with Gasteiger partial charge in [0.05, 0.1) is 11.5 Å². The molecule has 0 atom stereocenters. The van der Waals surface area contributed by atoms with Gasteiger partial charge in [0, 0.05) is 12.1 Å². The minimum atomic E-state index is -3.56. The van der Waals surface area contributed by atoms with Gasteiger partial charge in [0.1, 0.15) is 5.75 Å². The molecule has 0 aliphatic carbocycles. The van der Waals surface area contributed by atoms with Gasteiger partial charge in [-0.05, 0) is 48.4 Å². The summed E-state index contributed by atoms with van der Waals surface area (Å²) in [6.45, 7) is 2.54. The van der Waals surface area contributed by atoms with Crippen LogP contribution >= 0.6 is 0 Å². The summed E-state index contributed by atoms with van der Waals surface area (Å²) >= 11 is 0. The van der Waals surface area contributed by atoms with Crippen LogP contribution in [0.5, 0.6) is 5.75 Å². The van der Waals surface area contributed by atoms with Crippen molar-refractivity contribution >= 4 is 15.7 Å². The molecule has 2 aromatic rings. The number of anilines is 1. The van der Waals surface area contributed by atoms with Gasteiger partial charge in [0.15, 0.2) is 0 Å². The molecule has 0 radical (unpaired) electrons. The van der Waals surface area contributed by atoms with Gasteiger partial charge in [-0.25, -0.2) is 8.42 Å². The zero-order valence-electron chi connectivity index (χ0n) is 11.1. The van der Waals surface area contributed by atoms with Crippen molar-refractivity contribution in [3.63, 3.8) is 0 Å². The Hall–Kier alpha value is -2.01. The Morgan fingerprint density at radius 2 is 2.00 bits per heavy atom. The summed E-state index contributed by atoms with van der Waals surface area (Å²) in [5.41, 5.74) is 2.52. The highest BCUT2D eigenvalue weighted by atomic mass is 32.2. The fourth-order valence-electron chi connectivity index (χ4n) is 2.25. The molecule has 104 valence electrons. The quantitative estimate of drug-likeness (QED) is 0.945. The topological polar surface area (TPSA) is 55.4 Å². The van der Waals surface area contributed by atoms with Crippen molar-refractivity contribution in [3.05, 3.63) is 53.6 Å². The molecule has 0 fully saturated rings. The lowest BCUT2D eigenvalue weighted by molar-refractivity contribution is 0.356. The van der Waals surface area contributed by atoms with Crippen LogP contribution in [0.4, 0.5) is 5.69 Å². The first kappa shape index (κ1) is 13.0. The molecule has 3 rings (SSSR count). The van der Waals surface area contributed by atoms with E-state index >= 15 is 0 Å². The minimum Gasteiger partial charge on any atom is -0.493 e. The molecule has 0 aromatic heterocycles. The molecular weight excluding hydrogens is 274 g/mol. The third-order valence-corrected chi connectivity index (χ3v) is 4.62. The maximum Gasteiger partial charge on any atom is 0.261 e. The van der Waals surface area contributed by atoms with Crippen LogP contribution in [0.2, 0.25) is 0 Å². The van der Waals surface area contributed by atoms with E-state index in [0.717, 1.165) is 23.3 Å². The Balaban J connectivity index is 1.92. The normalized spacial score (nSPS) is 13.7. The Morgan fingerprint density at radius 3 is 2.80 bits per heavy atom. The fourth-order valence-corrected chi connectivity index (χ4v) is 3.35. The van der Waals surface area contributed by atoms with Crippen molar-refractivity contribution in [2.75, 3.05) is 11.3 Å². The summed E-state index contributed by atoms with van der Waals surface area (Å²) in [5.74, 6) is 0.777. The average Bonchev–Trinajstić information content (AvgIpc) is 2.85. The molecule has 0 bridgehead atoms. The van der Waals surface area contributed by atoms with Crippen molar-refractivity contribution < 1.29 is 13.2 Å². The minimum absolute atomic E-state index is 0.267. The van der Waals surface area contributed by atoms with Crippen LogP contribution in [-0.2, 0) is 16.4 Å². The lowest BCUT2D eigenvalue weighted by Gasteiger charge is -2.09. The van der Waals surface area contributed by atoms with Crippen LogP contribution in [0.1, 0.15) is 11.1 Å². The van der Waals surface area contributed by atoms with Crippen molar-refractivity contribution in [1.29, 1.82) is 0 Å². The van der Waals surface area contributed by atoms with E-state index in [1.54, 1.807) is 30.3 Å². The summed E-state index contributed by atoms with van der Waals surface area (Å²) < 4.78 is 32.7. The van der Waals surface area contributed by atoms with Crippen LogP contribution in [0.25, 0.3) is 0 Å². The average molecular weight is 289 g/mol. The van der Waals surface area contributed by atoms with Gasteiger partial charge in [-0.2, -0.15) is 0 Å². The van der Waals surface area contributed by atoms with E-state index in [1.165, 1.54) is 0 Å². The third-order valence-electron chi connectivity index (χ3n) is 3.24. The number of rotatable bonds is 3. The van der Waals surface area contributed by atoms with Crippen molar-refractivity contribution in [3.8, 4) is 5.75 Å². The molecular formula is C15H15NO3S. The summed E-state index contributed by atoms with van der Waals surface area (Å²) in [6.07, 6.45) is 0.753. The largest absolute Gasteiger partial charge is 0.493 e. The van der Waals surface area contributed by atoms with Gasteiger partial charge < -0.3 is 4.74 Å². The smallest absolute Gasteiger partial charge is 0.261 e. The second-order valence-corrected chi connectivity index (χ2v) is 6.53. The number of hydrogen-bond acceptors (Lipinski definition) is 3. The SMILES string of the molecule is Cc1cccc(NS(=O)(=O)c2ccc3c(c2)CCO3)c1. The van der Waals surface area contributed by atoms with Crippen molar-refractivity contribution in [2.45, 2.75) is 18.2 Å². The Kier molecular flexibility index (Phi) is 3.14. The highest BCUT2D eigenvalue weighted by Gasteiger charge is 2.19. The Labute approximate surface area is 118 Å². The number of ether oxygens (including phenoxy) is 1. The van der Waals surface area contributed by atoms with Gasteiger partial charge in [0.25, 0.3) is 10.0 Å². The highest BCUT2D eigenvalue weighted by molar-refractivity contribution is 7.92. The predicted molar refractivity (Wildman–Crippen MR) is 77.6 cm³/mol. The van der Waals surface area contributed by atoms with E-state index < -0.39 is 10.0 Å². The molecule has 1 aliphatic heterocycles. The molecule has 0 saturated heterocycles. The molecule has 1 N–H and O–H groups in total. The number of sulfonamides is 1. The van der Waals surface area contributed by atoms with Gasteiger partial charge >= 0.3 is 0 Å². The molecule has 20 heavy (non-hydrogen) atoms. The van der Waals surface area contributed by atoms with E-state index in [0.29, 0.717) is 12.3 Å². The van der Waals surface area contributed by atoms with E-state index in [-0.39, 0.29) is 4.90 Å². The summed E-state index contributed by atoms with van der Waals surface area (Å²) in [4.78, 5) is 0.267. The molecule has 4 nitrogen and oxygen atoms in total. The Morgan fingerprint density at radius 1 is 1.15 bits per heavy atom. The Bertz CT molecular complexity index is 753. The standard InChI is InChI=1S/C15H15NO3S/c1-11-3-2-4-13(9-11)16-20(17,18)14-5-6-15-12(10-14)7-8-19-15/h2-6,9-10,16H,7-8H2,1H3. The molecule has 0 amide bonds. The molecule has 1 aliphatic rings. The van der Waals surface area contributed by atoms with E-state index in [9.17, 15) is 8.42 Å². The number of fused-ring (bicyclic) bond motifs is 1. The molecule has 1 heterocycles. The second kappa shape index (κ2) is 4.83. The number of hydrogen-bond donors (Lipinski definition) is 1. The van der Waals surface area contributed by atoms with Gasteiger partial charge in [0.2, 0.25) is 0 Å². The van der Waals surface area contributed by atoms with Crippen LogP contribution < -0.4 is 9.46 Å². The number of aryl methyl sites for hydroxylation is 1. The van der Waals surface area contributed by atoms with Gasteiger partial charge in [-0.3, -0.25) is 4.72 Å². The third kappa shape index (κ3) is 2.49. The molecule has 0 spiro atoms. The predicted octanol–water partition coefficient (Wildman–Crippen LogP) is 2.73. The van der Waals surface area contributed by atoms with E-state index in [2.05, 4.69) is 4.72 Å². The van der Waals surface area contributed by atoms with Crippen LogP contribution in [-0.4, -0.2) is 15.0 Å². The van der Waals surface area contributed by atoms with Crippen LogP contribution in [0, 0.1) is 6.92 Å². The first-order valence-corrected chi connectivity index (χ1v) is 7.88. The molecule has 0 unspecified atom stereocenters. The maximum atomic E-state index is 12.4. The summed E-state index contributed by atoms with van der Waals surface area (Å²) in [5, 5.41) is 0. The lowest BCUT2D eigenvalue weighted by atomic mass is 10.2. The lowest BCUT2D eigenvalue weighted by Crippen LogP contribution is -2.13. The molecule has 5 heteroatoms. The zero-order chi connectivity index (χ0) is 14.2. The first-order valence-electron chi connectivity index (χ1n) is 6.40. The fraction of sp³-hybridized carbons (Fsp3) is 0.200. The van der Waals surface area contributed by atoms with Gasteiger partial charge in [-0.15, -0.1) is 0 Å². The van der Waals surface area contributed by atoms with Crippen molar-refractivity contribution in [2.24, 2.45) is 0 Å². The van der Waals surface area contributed by atoms with E-state index in [1.807, 2.05) is 19.1 Å². The maximum absolute atomic E-state index is 12.4. The zero-order valence-corrected chi connectivity index (χ0v) is 11.9. The van der Waals surface area contributed by atoms with E-state index in [4.69, 9.17) is 4.74 Å². The molecule has 2 aromatic carbocycles. The summed E-state index contributed by atoms with van der Waals surface area (Å²) in [6, 6.07) is 12.2. The monoisotopic (exact) mass is 289 g/mol. The summed E-state index contributed by atoms with van der Waals surface area (Å²) in [7, 11) is -3.56. The van der Waals surface area contributed by atoms with Gasteiger partial charge in [-0.1, -0.05) is 12.1 Å². The number of nitrogens with one attached hydrogen (secondary N) is 1. The number of benzene rings is 2. The van der Waals surface area contributed by atoms with Crippen LogP contribution in [0.3, 0.4) is 0 Å². The van der Waals surface area contributed by atoms with Crippen molar-refractivity contribution in [1.82, 2.24) is 0 Å². The van der Waals surface area contributed by atoms with Crippen LogP contribution in [0.15, 0.2) is 47.4 Å². The highest BCUT2D eigenvalue weighted by Crippen LogP contribution is 2.28. The molecule has 0 saturated carbocycles.